The number of aryl methyl sites for hydroxylation is 7. The maximum Gasteiger partial charge on any atom is 0.0521 e. The van der Waals surface area contributed by atoms with Crippen LogP contribution in [0.1, 0.15) is 74.9 Å². The molecule has 0 atom stereocenters. The van der Waals surface area contributed by atoms with Crippen molar-refractivity contribution in [2.45, 2.75) is 74.7 Å². The van der Waals surface area contributed by atoms with Crippen LogP contribution in [0.4, 0.5) is 0 Å². The van der Waals surface area contributed by atoms with Crippen LogP contribution in [0.2, 0.25) is 0 Å². The smallest absolute Gasteiger partial charge is 0.0521 e. The molecule has 8 aromatic carbocycles. The molecule has 104 heavy (non-hydrogen) atoms. The van der Waals surface area contributed by atoms with E-state index in [9.17, 15) is 0 Å². The van der Waals surface area contributed by atoms with Gasteiger partial charge < -0.3 is 74.2 Å². The van der Waals surface area contributed by atoms with Gasteiger partial charge in [-0.2, -0.15) is 13.0 Å². The van der Waals surface area contributed by atoms with Crippen LogP contribution in [0.25, 0.3) is 87.2 Å². The van der Waals surface area contributed by atoms with E-state index >= 15 is 0 Å². The minimum atomic E-state index is -0.694. The van der Waals surface area contributed by atoms with Crippen molar-refractivity contribution in [2.75, 3.05) is 0 Å². The Morgan fingerprint density at radius 2 is 0.471 bits per heavy atom. The summed E-state index contributed by atoms with van der Waals surface area (Å²) < 4.78 is 8.79. The molecule has 0 fully saturated rings. The SMILES string of the molecule is CC.CC.CC.Cc1ccc2c3ccccc3n(C)c2c1C.Cc1cccc2c3ccccc3n(C)c12.Cc1cccc2c3ccccc3n(C)c12.[CH2-]c1ccc2c3ccccc3n([CH2-])c2c1C([CH2-])([CH2-])[CH2-].[CH3-].[CH3-].[CH3-].[CH3-].[Y].[Y].[Y].[Y].[Y].[Y].[Y].[Y].[Y].[Y].[Y].[Y].[Y].[Y].[Y].[Y].[Y].[Y].[Y].[Y].[Y].[Y].[Y].[Y].[Y].[Y].[Y].[Y].[Y]. The molecule has 0 aliphatic rings. The molecule has 0 saturated carbocycles. The number of hydrogen-bond donors (Lipinski definition) is 0. The maximum atomic E-state index is 4.16. The summed E-state index contributed by atoms with van der Waals surface area (Å²) in [5.41, 5.74) is 16.7. The standard InChI is InChI=1S/C18H16N.C15H15N.2C14H13N.3C2H6.4CH3.29Y/c1-12-10-11-14-13-8-6-7-9-15(13)19(5)17(14)16(12)18(2,3)4;1-10-8-9-13-12-6-4-5-7-14(12)16(3)15(13)11(10)2;2*1-10-6-5-8-12-11-7-3-4-9-13(11)15(2)14(10)12;3*1-2;;;;;;;;;;;;;;;;;;;;;;;;;;;;;;;;;/h6-11H,1-5H2;4-9H,1-3H3;2*3-9H,1-2H3;3*1-2H3;4*1H3;;;;;;;;;;;;;;;;;;;;;;;;;;;;;/q-5;;;;;;;4*-1;;;;;;;;;;;;;;;;;;;;;;;;;;;;;. The number of benzene rings is 8. The molecule has 0 saturated heterocycles. The Kier molecular flexibility index (Phi) is 225. The van der Waals surface area contributed by atoms with Crippen LogP contribution < -0.4 is 0 Å². The summed E-state index contributed by atoms with van der Waals surface area (Å²) in [7, 11) is 10.6. The summed E-state index contributed by atoms with van der Waals surface area (Å²) >= 11 is 0. The first-order chi connectivity index (χ1) is 34.2. The molecule has 0 amide bonds. The third kappa shape index (κ3) is 58.7. The fourth-order valence-corrected chi connectivity index (χ4v) is 10.2. The molecule has 0 spiro atoms. The summed E-state index contributed by atoms with van der Waals surface area (Å²) in [6.07, 6.45) is 0. The fraction of sp³-hybridized carbons (Fsp3) is 0.197. The fourth-order valence-electron chi connectivity index (χ4n) is 10.2. The van der Waals surface area contributed by atoms with Crippen LogP contribution >= 0.6 is 0 Å². The second-order valence-electron chi connectivity index (χ2n) is 17.8. The molecule has 0 aliphatic carbocycles. The van der Waals surface area contributed by atoms with Crippen LogP contribution in [0, 0.1) is 92.1 Å². The van der Waals surface area contributed by atoms with E-state index in [0.29, 0.717) is 0 Å². The quantitative estimate of drug-likeness (QED) is 0.146. The van der Waals surface area contributed by atoms with Gasteiger partial charge in [-0.3, -0.25) is 5.56 Å². The molecule has 487 valence electrons. The number of fused-ring (bicyclic) bond motifs is 12. The van der Waals surface area contributed by atoms with Crippen LogP contribution in [0.5, 0.6) is 0 Å². The van der Waals surface area contributed by atoms with E-state index < -0.39 is 5.41 Å². The third-order valence-corrected chi connectivity index (χ3v) is 13.4. The number of nitrogens with zero attached hydrogens (tertiary/aromatic N) is 4. The Morgan fingerprint density at radius 1 is 0.250 bits per heavy atom. The van der Waals surface area contributed by atoms with Crippen LogP contribution in [-0.2, 0) is 975 Å². The van der Waals surface area contributed by atoms with Gasteiger partial charge in [-0.25, -0.2) is 5.56 Å². The summed E-state index contributed by atoms with van der Waals surface area (Å²) in [6.45, 7) is 37.0. The Hall–Kier alpha value is 24.7. The summed E-state index contributed by atoms with van der Waals surface area (Å²) in [6, 6.07) is 55.4. The van der Waals surface area contributed by atoms with Gasteiger partial charge in [0, 0.05) is 1020 Å². The first-order valence-corrected chi connectivity index (χ1v) is 25.2. The second-order valence-corrected chi connectivity index (χ2v) is 17.8. The van der Waals surface area contributed by atoms with Crippen LogP contribution in [0.3, 0.4) is 0 Å². The van der Waals surface area contributed by atoms with Gasteiger partial charge in [0.1, 0.15) is 0 Å². The average molecular weight is 3570 g/mol. The summed E-state index contributed by atoms with van der Waals surface area (Å²) in [5, 5.41) is 10.4. The molecule has 12 rings (SSSR count). The van der Waals surface area contributed by atoms with Crippen molar-refractivity contribution < 1.29 is 949 Å². The molecule has 33 heteroatoms. The minimum Gasteiger partial charge on any atom is -0.490 e. The van der Waals surface area contributed by atoms with Gasteiger partial charge in [0.25, 0.3) is 0 Å². The second kappa shape index (κ2) is 113. The zero-order valence-electron chi connectivity index (χ0n) is 65.6. The van der Waals surface area contributed by atoms with Gasteiger partial charge in [-0.05, 0) is 68.1 Å². The number of hydrogen-bond acceptors (Lipinski definition) is 0. The Bertz CT molecular complexity index is 3710. The topological polar surface area (TPSA) is 19.7 Å². The van der Waals surface area contributed by atoms with E-state index in [1.807, 2.05) is 64.3 Å². The molecule has 29 radical (unpaired) electrons. The predicted octanol–water partition coefficient (Wildman–Crippen LogP) is 20.4. The third-order valence-electron chi connectivity index (χ3n) is 13.4. The van der Waals surface area contributed by atoms with Crippen molar-refractivity contribution >= 4 is 87.2 Å². The molecule has 0 bridgehead atoms. The molecule has 4 nitrogen and oxygen atoms in total. The van der Waals surface area contributed by atoms with Gasteiger partial charge in [-0.1, -0.05) is 185 Å². The number of para-hydroxylation sites is 6. The van der Waals surface area contributed by atoms with Gasteiger partial charge in [-0.15, -0.1) is 18.6 Å². The molecule has 4 heterocycles. The Labute approximate surface area is 1360 Å². The zero-order chi connectivity index (χ0) is 51.9. The summed E-state index contributed by atoms with van der Waals surface area (Å²) in [4.78, 5) is 0. The first-order valence-electron chi connectivity index (χ1n) is 25.2. The van der Waals surface area contributed by atoms with E-state index in [4.69, 9.17) is 0 Å². The normalized spacial score (nSPS) is 7.46. The average Bonchev–Trinajstić information content (AvgIpc) is 4.07. The van der Waals surface area contributed by atoms with Crippen molar-refractivity contribution in [3.63, 3.8) is 0 Å². The molecular weight excluding hydrogens is 3490 g/mol. The number of rotatable bonds is 1. The Balaban J connectivity index is -0.0000000252. The van der Waals surface area contributed by atoms with E-state index in [-0.39, 0.29) is 978 Å². The van der Waals surface area contributed by atoms with E-state index in [0.717, 1.165) is 27.5 Å². The van der Waals surface area contributed by atoms with Crippen LogP contribution in [-0.4, -0.2) is 18.3 Å². The molecule has 0 unspecified atom stereocenters. The zero-order valence-corrected chi connectivity index (χ0v) is 148. The van der Waals surface area contributed by atoms with Gasteiger partial charge >= 0.3 is 0 Å². The monoisotopic (exact) mass is 3570 g/mol. The van der Waals surface area contributed by atoms with E-state index in [1.54, 1.807) is 0 Å². The van der Waals surface area contributed by atoms with Crippen molar-refractivity contribution in [3.05, 3.63) is 256 Å². The largest absolute Gasteiger partial charge is 0.490 e. The molecule has 12 aromatic rings. The molecule has 0 aliphatic heterocycles. The predicted molar refractivity (Wildman–Crippen MR) is 342 cm³/mol. The van der Waals surface area contributed by atoms with Crippen molar-refractivity contribution in [1.82, 2.24) is 18.3 Å². The summed E-state index contributed by atoms with van der Waals surface area (Å²) in [5.74, 6) is 0. The Morgan fingerprint density at radius 3 is 0.760 bits per heavy atom. The van der Waals surface area contributed by atoms with E-state index in [1.165, 1.54) is 93.1 Å². The first kappa shape index (κ1) is 207. The van der Waals surface area contributed by atoms with Gasteiger partial charge in [0.15, 0.2) is 0 Å². The van der Waals surface area contributed by atoms with Crippen molar-refractivity contribution in [1.29, 1.82) is 0 Å². The van der Waals surface area contributed by atoms with Gasteiger partial charge in [0.2, 0.25) is 0 Å². The van der Waals surface area contributed by atoms with Crippen molar-refractivity contribution in [2.24, 2.45) is 21.1 Å². The molecule has 0 N–H and O–H groups in total. The van der Waals surface area contributed by atoms with Gasteiger partial charge in [0.05, 0.1) is 16.6 Å². The number of aromatic nitrogens is 4. The molecular formula is C71H87N4Y29-9. The van der Waals surface area contributed by atoms with E-state index in [2.05, 4.69) is 237 Å². The minimum absolute atomic E-state index is 0. The van der Waals surface area contributed by atoms with Crippen LogP contribution in [0.15, 0.2) is 158 Å². The molecule has 4 aromatic heterocycles. The maximum absolute atomic E-state index is 4.16. The van der Waals surface area contributed by atoms with Crippen molar-refractivity contribution in [3.8, 4) is 0 Å².